The molecule has 2 bridgehead atoms. The smallest absolute Gasteiger partial charge is 0.303 e. The van der Waals surface area contributed by atoms with Crippen LogP contribution in [0, 0.1) is 20.2 Å². The van der Waals surface area contributed by atoms with Gasteiger partial charge in [0.25, 0.3) is 5.69 Å². The van der Waals surface area contributed by atoms with Crippen LogP contribution in [0.1, 0.15) is 34.5 Å². The molecular formula is C34H34N4O10. The van der Waals surface area contributed by atoms with Crippen molar-refractivity contribution >= 4 is 22.7 Å². The minimum Gasteiger partial charge on any atom is -0.507 e. The Hall–Kier alpha value is -5.12. The maximum atomic E-state index is 11.7. The molecule has 0 saturated carbocycles. The van der Waals surface area contributed by atoms with Gasteiger partial charge in [-0.3, -0.25) is 20.2 Å². The van der Waals surface area contributed by atoms with Crippen molar-refractivity contribution < 1.29 is 38.6 Å². The number of azo groups is 1. The average molecular weight is 659 g/mol. The summed E-state index contributed by atoms with van der Waals surface area (Å²) in [5, 5.41) is 42.5. The third-order valence-corrected chi connectivity index (χ3v) is 7.40. The van der Waals surface area contributed by atoms with E-state index in [2.05, 4.69) is 10.2 Å². The second kappa shape index (κ2) is 17.2. The molecule has 0 fully saturated rings. The maximum Gasteiger partial charge on any atom is 0.303 e. The van der Waals surface area contributed by atoms with E-state index in [1.165, 1.54) is 0 Å². The van der Waals surface area contributed by atoms with Gasteiger partial charge in [0.05, 0.1) is 74.5 Å². The molecule has 2 atom stereocenters. The number of phenols is 1. The van der Waals surface area contributed by atoms with Gasteiger partial charge >= 0.3 is 5.69 Å². The van der Waals surface area contributed by atoms with Gasteiger partial charge in [-0.15, -0.1) is 5.11 Å². The summed E-state index contributed by atoms with van der Waals surface area (Å²) in [6.45, 7) is 1.76. The molecule has 4 aromatic carbocycles. The Morgan fingerprint density at radius 1 is 0.646 bits per heavy atom. The normalized spacial score (nSPS) is 18.5. The van der Waals surface area contributed by atoms with Crippen molar-refractivity contribution in [3.63, 3.8) is 0 Å². The summed E-state index contributed by atoms with van der Waals surface area (Å²) in [6, 6.07) is 25.2. The zero-order chi connectivity index (χ0) is 33.7. The van der Waals surface area contributed by atoms with Gasteiger partial charge in [0.15, 0.2) is 5.69 Å². The van der Waals surface area contributed by atoms with Crippen LogP contribution in [0.5, 0.6) is 5.75 Å². The predicted octanol–water partition coefficient (Wildman–Crippen LogP) is 7.20. The van der Waals surface area contributed by atoms with Crippen molar-refractivity contribution in [1.29, 1.82) is 0 Å². The van der Waals surface area contributed by atoms with Crippen molar-refractivity contribution in [3.05, 3.63) is 133 Å². The summed E-state index contributed by atoms with van der Waals surface area (Å²) in [5.74, 6) is -0.0785. The van der Waals surface area contributed by atoms with Gasteiger partial charge in [-0.1, -0.05) is 60.7 Å². The van der Waals surface area contributed by atoms with E-state index in [9.17, 15) is 25.3 Å². The van der Waals surface area contributed by atoms with Gasteiger partial charge in [0, 0.05) is 17.2 Å². The number of hydrogen-bond acceptors (Lipinski definition) is 12. The number of ether oxygens (including phenoxy) is 5. The standard InChI is InChI=1S/C34H34N4O10/c39-34-26-17-28(35-36-30-12-11-29(37(40)41)19-31(30)38(42)43)18-27(34)21-48-33(25-9-5-2-6-10-25)23-46-16-14-44-13-15-45-22-32(47-20-26)24-7-3-1-4-8-24/h1-12,17-19,32-33,39H,13-16,20-23H2/t32-,33-/m1/s1. The number of aromatic hydroxyl groups is 1. The third-order valence-electron chi connectivity index (χ3n) is 7.40. The molecule has 5 rings (SSSR count). The second-order valence-electron chi connectivity index (χ2n) is 10.7. The molecule has 1 N–H and O–H groups in total. The fourth-order valence-corrected chi connectivity index (χ4v) is 4.90. The fraction of sp³-hybridized carbons (Fsp3) is 0.294. The number of rotatable bonds is 6. The molecule has 0 saturated heterocycles. The van der Waals surface area contributed by atoms with Gasteiger partial charge in [-0.25, -0.2) is 0 Å². The number of nitro benzene ring substituents is 2. The van der Waals surface area contributed by atoms with E-state index in [1.807, 2.05) is 60.7 Å². The Bertz CT molecular complexity index is 1630. The number of nitro groups is 2. The highest BCUT2D eigenvalue weighted by molar-refractivity contribution is 5.62. The van der Waals surface area contributed by atoms with E-state index in [-0.39, 0.29) is 43.6 Å². The predicted molar refractivity (Wildman–Crippen MR) is 172 cm³/mol. The van der Waals surface area contributed by atoms with Crippen LogP contribution < -0.4 is 0 Å². The van der Waals surface area contributed by atoms with Crippen molar-refractivity contribution in [3.8, 4) is 5.75 Å². The number of non-ortho nitro benzene ring substituents is 1. The van der Waals surface area contributed by atoms with Crippen LogP contribution in [0.3, 0.4) is 0 Å². The molecule has 4 aromatic rings. The van der Waals surface area contributed by atoms with Gasteiger partial charge in [-0.2, -0.15) is 5.11 Å². The molecular weight excluding hydrogens is 624 g/mol. The monoisotopic (exact) mass is 658 g/mol. The van der Waals surface area contributed by atoms with E-state index >= 15 is 0 Å². The molecule has 14 heteroatoms. The van der Waals surface area contributed by atoms with E-state index < -0.39 is 33.4 Å². The SMILES string of the molecule is O=[N+]([O-])c1ccc(N=Nc2cc3c(O)c(c2)CO[C@@H](c2ccccc2)COCCOCCOC[C@H](c2ccccc2)OC3)c([N+](=O)[O-])c1. The number of fused-ring (bicyclic) bond motifs is 2. The lowest BCUT2D eigenvalue weighted by Gasteiger charge is -2.22. The highest BCUT2D eigenvalue weighted by atomic mass is 16.6. The fourth-order valence-electron chi connectivity index (χ4n) is 4.90. The zero-order valence-electron chi connectivity index (χ0n) is 25.9. The van der Waals surface area contributed by atoms with Crippen LogP contribution in [0.25, 0.3) is 0 Å². The van der Waals surface area contributed by atoms with Crippen LogP contribution in [0.4, 0.5) is 22.7 Å². The third kappa shape index (κ3) is 9.47. The molecule has 1 aliphatic rings. The van der Waals surface area contributed by atoms with Gasteiger partial charge in [-0.05, 0) is 29.3 Å². The Balaban J connectivity index is 1.49. The van der Waals surface area contributed by atoms with Gasteiger partial charge in [0.1, 0.15) is 18.0 Å². The van der Waals surface area contributed by atoms with Gasteiger partial charge in [0.2, 0.25) is 0 Å². The van der Waals surface area contributed by atoms with Crippen LogP contribution in [-0.2, 0) is 36.9 Å². The average Bonchev–Trinajstić information content (AvgIpc) is 3.10. The summed E-state index contributed by atoms with van der Waals surface area (Å²) in [4.78, 5) is 21.3. The first-order valence-corrected chi connectivity index (χ1v) is 15.1. The minimum absolute atomic E-state index is 0.0511. The molecule has 0 amide bonds. The first-order chi connectivity index (χ1) is 23.4. The Kier molecular flexibility index (Phi) is 12.2. The van der Waals surface area contributed by atoms with Crippen molar-refractivity contribution in [1.82, 2.24) is 0 Å². The van der Waals surface area contributed by atoms with E-state index in [1.54, 1.807) is 12.1 Å². The molecule has 0 radical (unpaired) electrons. The maximum absolute atomic E-state index is 11.7. The number of hydrogen-bond donors (Lipinski definition) is 1. The largest absolute Gasteiger partial charge is 0.507 e. The molecule has 0 aliphatic carbocycles. The number of phenolic OH excluding ortho intramolecular Hbond substituents is 1. The molecule has 1 heterocycles. The van der Waals surface area contributed by atoms with E-state index in [0.717, 1.165) is 29.3 Å². The molecule has 250 valence electrons. The lowest BCUT2D eigenvalue weighted by molar-refractivity contribution is -0.393. The lowest BCUT2D eigenvalue weighted by atomic mass is 10.1. The number of nitrogens with zero attached hydrogens (tertiary/aromatic N) is 4. The molecule has 14 nitrogen and oxygen atoms in total. The van der Waals surface area contributed by atoms with Crippen LogP contribution >= 0.6 is 0 Å². The highest BCUT2D eigenvalue weighted by Gasteiger charge is 2.21. The molecule has 48 heavy (non-hydrogen) atoms. The van der Waals surface area contributed by atoms with Crippen LogP contribution in [-0.4, -0.2) is 54.6 Å². The summed E-state index contributed by atoms with van der Waals surface area (Å²) in [5.41, 5.74) is 1.51. The van der Waals surface area contributed by atoms with Crippen molar-refractivity contribution in [2.45, 2.75) is 25.4 Å². The minimum atomic E-state index is -0.764. The highest BCUT2D eigenvalue weighted by Crippen LogP contribution is 2.36. The summed E-state index contributed by atoms with van der Waals surface area (Å²) >= 11 is 0. The first kappa shape index (κ1) is 34.2. The Labute approximate surface area is 275 Å². The topological polar surface area (TPSA) is 177 Å². The summed E-state index contributed by atoms with van der Waals surface area (Å²) < 4.78 is 29.9. The quantitative estimate of drug-likeness (QED) is 0.126. The number of benzene rings is 4. The molecule has 0 aromatic heterocycles. The van der Waals surface area contributed by atoms with Crippen LogP contribution in [0.15, 0.2) is 101 Å². The zero-order valence-corrected chi connectivity index (χ0v) is 25.9. The van der Waals surface area contributed by atoms with E-state index in [0.29, 0.717) is 37.6 Å². The summed E-state index contributed by atoms with van der Waals surface area (Å²) in [7, 11) is 0. The second-order valence-corrected chi connectivity index (χ2v) is 10.7. The molecule has 0 unspecified atom stereocenters. The first-order valence-electron chi connectivity index (χ1n) is 15.1. The Morgan fingerprint density at radius 3 is 1.67 bits per heavy atom. The summed E-state index contributed by atoms with van der Waals surface area (Å²) in [6.07, 6.45) is -0.967. The van der Waals surface area contributed by atoms with E-state index in [4.69, 9.17) is 23.7 Å². The van der Waals surface area contributed by atoms with Crippen molar-refractivity contribution in [2.75, 3.05) is 39.6 Å². The molecule has 0 spiro atoms. The van der Waals surface area contributed by atoms with Crippen molar-refractivity contribution in [2.24, 2.45) is 10.2 Å². The van der Waals surface area contributed by atoms with Gasteiger partial charge < -0.3 is 28.8 Å². The van der Waals surface area contributed by atoms with Crippen LogP contribution in [0.2, 0.25) is 0 Å². The lowest BCUT2D eigenvalue weighted by Crippen LogP contribution is -2.17. The molecule has 1 aliphatic heterocycles. The Morgan fingerprint density at radius 2 is 1.17 bits per heavy atom.